The maximum absolute atomic E-state index is 12.5. The molecule has 0 saturated heterocycles. The fourth-order valence-electron chi connectivity index (χ4n) is 2.14. The first-order valence-electron chi connectivity index (χ1n) is 5.81. The Bertz CT molecular complexity index is 452. The Hall–Kier alpha value is -1.49. The van der Waals surface area contributed by atoms with E-state index in [0.717, 1.165) is 11.3 Å². The van der Waals surface area contributed by atoms with Crippen molar-refractivity contribution in [2.24, 2.45) is 5.73 Å². The molecule has 5 heteroatoms. The molecule has 1 aromatic carbocycles. The molecule has 2 rings (SSSR count). The lowest BCUT2D eigenvalue weighted by molar-refractivity contribution is -0.0943. The van der Waals surface area contributed by atoms with Crippen molar-refractivity contribution in [1.82, 2.24) is 0 Å². The average molecular weight is 256 g/mol. The van der Waals surface area contributed by atoms with Crippen molar-refractivity contribution in [2.75, 3.05) is 18.0 Å². The monoisotopic (exact) mass is 256 g/mol. The van der Waals surface area contributed by atoms with E-state index in [9.17, 15) is 13.2 Å². The van der Waals surface area contributed by atoms with Gasteiger partial charge in [0.1, 0.15) is 0 Å². The van der Waals surface area contributed by atoms with Crippen LogP contribution in [-0.2, 0) is 6.54 Å². The van der Waals surface area contributed by atoms with Crippen LogP contribution in [0.3, 0.4) is 0 Å². The summed E-state index contributed by atoms with van der Waals surface area (Å²) in [6.07, 6.45) is -2.90. The van der Waals surface area contributed by atoms with E-state index in [1.54, 1.807) is 0 Å². The molecule has 2 N–H and O–H groups in total. The molecule has 0 saturated carbocycles. The van der Waals surface area contributed by atoms with Crippen LogP contribution in [0.4, 0.5) is 18.9 Å². The van der Waals surface area contributed by atoms with Crippen LogP contribution in [0.15, 0.2) is 35.9 Å². The van der Waals surface area contributed by atoms with Gasteiger partial charge < -0.3 is 10.6 Å². The minimum Gasteiger partial charge on any atom is -0.367 e. The highest BCUT2D eigenvalue weighted by atomic mass is 19.4. The van der Waals surface area contributed by atoms with E-state index in [2.05, 4.69) is 0 Å². The molecule has 0 bridgehead atoms. The molecule has 0 aliphatic carbocycles. The topological polar surface area (TPSA) is 29.3 Å². The summed E-state index contributed by atoms with van der Waals surface area (Å²) in [5, 5.41) is 0. The number of nitrogens with two attached hydrogens (primary N) is 1. The predicted molar refractivity (Wildman–Crippen MR) is 65.3 cm³/mol. The summed E-state index contributed by atoms with van der Waals surface area (Å²) < 4.78 is 37.5. The summed E-state index contributed by atoms with van der Waals surface area (Å²) in [5.41, 5.74) is 7.09. The number of anilines is 1. The zero-order chi connectivity index (χ0) is 13.2. The summed E-state index contributed by atoms with van der Waals surface area (Å²) in [6, 6.07) is 7.55. The highest BCUT2D eigenvalue weighted by Crippen LogP contribution is 2.32. The van der Waals surface area contributed by atoms with Gasteiger partial charge in [0.05, 0.1) is 0 Å². The van der Waals surface area contributed by atoms with E-state index < -0.39 is 11.7 Å². The summed E-state index contributed by atoms with van der Waals surface area (Å²) in [6.45, 7) is 1.05. The van der Waals surface area contributed by atoms with Gasteiger partial charge in [-0.25, -0.2) is 0 Å². The third kappa shape index (κ3) is 2.67. The maximum atomic E-state index is 12.5. The van der Waals surface area contributed by atoms with E-state index in [1.165, 1.54) is 6.08 Å². The zero-order valence-electron chi connectivity index (χ0n) is 9.87. The van der Waals surface area contributed by atoms with Gasteiger partial charge >= 0.3 is 6.18 Å². The molecule has 0 atom stereocenters. The minimum absolute atomic E-state index is 0.0302. The fraction of sp³-hybridized carbons (Fsp3) is 0.385. The zero-order valence-corrected chi connectivity index (χ0v) is 9.87. The van der Waals surface area contributed by atoms with Crippen LogP contribution in [-0.4, -0.2) is 19.3 Å². The van der Waals surface area contributed by atoms with Crippen LogP contribution >= 0.6 is 0 Å². The molecule has 0 spiro atoms. The number of alkyl halides is 3. The van der Waals surface area contributed by atoms with E-state index in [1.807, 2.05) is 29.2 Å². The van der Waals surface area contributed by atoms with Crippen molar-refractivity contribution in [3.05, 3.63) is 41.5 Å². The number of hydrogen-bond donors (Lipinski definition) is 1. The van der Waals surface area contributed by atoms with Gasteiger partial charge in [-0.2, -0.15) is 13.2 Å². The largest absolute Gasteiger partial charge is 0.412 e. The van der Waals surface area contributed by atoms with Gasteiger partial charge in [0.25, 0.3) is 0 Å². The van der Waals surface area contributed by atoms with E-state index in [4.69, 9.17) is 5.73 Å². The third-order valence-corrected chi connectivity index (χ3v) is 3.13. The van der Waals surface area contributed by atoms with Crippen LogP contribution in [0.5, 0.6) is 0 Å². The number of halogens is 3. The van der Waals surface area contributed by atoms with Crippen LogP contribution in [0.2, 0.25) is 0 Å². The first-order chi connectivity index (χ1) is 8.52. The second-order valence-corrected chi connectivity index (χ2v) is 4.26. The first kappa shape index (κ1) is 13.0. The minimum atomic E-state index is -4.19. The molecule has 0 aromatic heterocycles. The molecule has 2 nitrogen and oxygen atoms in total. The molecule has 0 fully saturated rings. The van der Waals surface area contributed by atoms with Gasteiger partial charge in [0, 0.05) is 30.9 Å². The molecule has 98 valence electrons. The molecule has 1 aliphatic rings. The van der Waals surface area contributed by atoms with E-state index in [-0.39, 0.29) is 13.0 Å². The van der Waals surface area contributed by atoms with Crippen molar-refractivity contribution in [3.63, 3.8) is 0 Å². The number of benzene rings is 1. The lowest BCUT2D eigenvalue weighted by Gasteiger charge is -2.30. The number of rotatable bonds is 2. The van der Waals surface area contributed by atoms with Crippen molar-refractivity contribution in [1.29, 1.82) is 0 Å². The van der Waals surface area contributed by atoms with Gasteiger partial charge in [-0.1, -0.05) is 24.3 Å². The van der Waals surface area contributed by atoms with Gasteiger partial charge in [0.15, 0.2) is 0 Å². The Morgan fingerprint density at radius 2 is 1.94 bits per heavy atom. The lowest BCUT2D eigenvalue weighted by Crippen LogP contribution is -2.32. The standard InChI is InChI=1S/C13H15F3N2/c14-13(15,16)11-5-7-18(8-6-11)12-4-2-1-3-10(12)9-17/h1-5H,6-9,17H2. The van der Waals surface area contributed by atoms with Gasteiger partial charge in [-0.05, 0) is 18.1 Å². The van der Waals surface area contributed by atoms with Crippen LogP contribution in [0.25, 0.3) is 0 Å². The molecule has 0 amide bonds. The molecular weight excluding hydrogens is 241 g/mol. The normalized spacial score (nSPS) is 16.7. The van der Waals surface area contributed by atoms with Crippen molar-refractivity contribution < 1.29 is 13.2 Å². The lowest BCUT2D eigenvalue weighted by atomic mass is 10.1. The Morgan fingerprint density at radius 3 is 2.50 bits per heavy atom. The van der Waals surface area contributed by atoms with Crippen LogP contribution in [0.1, 0.15) is 12.0 Å². The summed E-state index contributed by atoms with van der Waals surface area (Å²) in [4.78, 5) is 1.93. The van der Waals surface area contributed by atoms with Gasteiger partial charge in [0.2, 0.25) is 0 Å². The Kier molecular flexibility index (Phi) is 3.61. The average Bonchev–Trinajstić information content (AvgIpc) is 2.38. The Labute approximate surface area is 104 Å². The third-order valence-electron chi connectivity index (χ3n) is 3.13. The number of para-hydroxylation sites is 1. The van der Waals surface area contributed by atoms with E-state index in [0.29, 0.717) is 13.1 Å². The van der Waals surface area contributed by atoms with Crippen LogP contribution in [0, 0.1) is 0 Å². The second kappa shape index (κ2) is 5.02. The Balaban J connectivity index is 2.17. The molecule has 1 heterocycles. The van der Waals surface area contributed by atoms with Crippen molar-refractivity contribution in [2.45, 2.75) is 19.1 Å². The summed E-state index contributed by atoms with van der Waals surface area (Å²) in [7, 11) is 0. The number of nitrogens with zero attached hydrogens (tertiary/aromatic N) is 1. The van der Waals surface area contributed by atoms with Crippen molar-refractivity contribution >= 4 is 5.69 Å². The highest BCUT2D eigenvalue weighted by molar-refractivity contribution is 5.55. The van der Waals surface area contributed by atoms with Crippen molar-refractivity contribution in [3.8, 4) is 0 Å². The quantitative estimate of drug-likeness (QED) is 0.824. The fourth-order valence-corrected chi connectivity index (χ4v) is 2.14. The molecular formula is C13H15F3N2. The van der Waals surface area contributed by atoms with E-state index >= 15 is 0 Å². The molecule has 0 radical (unpaired) electrons. The Morgan fingerprint density at radius 1 is 1.22 bits per heavy atom. The molecule has 1 aliphatic heterocycles. The molecule has 0 unspecified atom stereocenters. The SMILES string of the molecule is NCc1ccccc1N1CC=C(C(F)(F)F)CC1. The summed E-state index contributed by atoms with van der Waals surface area (Å²) >= 11 is 0. The molecule has 1 aromatic rings. The van der Waals surface area contributed by atoms with Gasteiger partial charge in [-0.15, -0.1) is 0 Å². The number of hydrogen-bond acceptors (Lipinski definition) is 2. The molecule has 18 heavy (non-hydrogen) atoms. The predicted octanol–water partition coefficient (Wildman–Crippen LogP) is 2.84. The second-order valence-electron chi connectivity index (χ2n) is 4.26. The highest BCUT2D eigenvalue weighted by Gasteiger charge is 2.34. The summed E-state index contributed by atoms with van der Waals surface area (Å²) in [5.74, 6) is 0. The van der Waals surface area contributed by atoms with Crippen LogP contribution < -0.4 is 10.6 Å². The smallest absolute Gasteiger partial charge is 0.367 e. The maximum Gasteiger partial charge on any atom is 0.412 e. The first-order valence-corrected chi connectivity index (χ1v) is 5.81. The van der Waals surface area contributed by atoms with Gasteiger partial charge in [-0.3, -0.25) is 0 Å².